The number of hydrogen-bond acceptors (Lipinski definition) is 3. The Morgan fingerprint density at radius 3 is 2.83 bits per heavy atom. The van der Waals surface area contributed by atoms with E-state index in [-0.39, 0.29) is 5.78 Å². The fourth-order valence-electron chi connectivity index (χ4n) is 2.05. The minimum atomic E-state index is -0.431. The molecule has 0 spiro atoms. The van der Waals surface area contributed by atoms with Crippen molar-refractivity contribution in [2.75, 3.05) is 0 Å². The second-order valence-electron chi connectivity index (χ2n) is 4.60. The molecule has 0 amide bonds. The molecular formula is C14H19N3O. The summed E-state index contributed by atoms with van der Waals surface area (Å²) >= 11 is 0. The van der Waals surface area contributed by atoms with E-state index >= 15 is 0 Å². The Labute approximate surface area is 107 Å². The lowest BCUT2D eigenvalue weighted by Gasteiger charge is -2.08. The maximum absolute atomic E-state index is 11.8. The van der Waals surface area contributed by atoms with Gasteiger partial charge in [0, 0.05) is 6.54 Å². The van der Waals surface area contributed by atoms with Crippen molar-refractivity contribution in [2.24, 2.45) is 5.73 Å². The van der Waals surface area contributed by atoms with Crippen LogP contribution in [0.5, 0.6) is 0 Å². The number of aromatic nitrogens is 2. The maximum atomic E-state index is 11.8. The summed E-state index contributed by atoms with van der Waals surface area (Å²) < 4.78 is 2.12. The number of carbonyl (C=O) groups excluding carboxylic acids is 1. The molecule has 96 valence electrons. The average Bonchev–Trinajstić information content (AvgIpc) is 2.68. The third-order valence-corrected chi connectivity index (χ3v) is 3.02. The lowest BCUT2D eigenvalue weighted by Crippen LogP contribution is -2.29. The van der Waals surface area contributed by atoms with E-state index in [9.17, 15) is 4.79 Å². The third kappa shape index (κ3) is 2.43. The van der Waals surface area contributed by atoms with Crippen molar-refractivity contribution < 1.29 is 4.79 Å². The summed E-state index contributed by atoms with van der Waals surface area (Å²) in [5.74, 6) is 0.850. The number of para-hydroxylation sites is 2. The zero-order chi connectivity index (χ0) is 13.1. The molecule has 0 aliphatic carbocycles. The number of carbonyl (C=O) groups is 1. The van der Waals surface area contributed by atoms with Crippen LogP contribution >= 0.6 is 0 Å². The van der Waals surface area contributed by atoms with Crippen molar-refractivity contribution in [2.45, 2.75) is 39.3 Å². The van der Waals surface area contributed by atoms with Crippen molar-refractivity contribution >= 4 is 16.8 Å². The highest BCUT2D eigenvalue weighted by Crippen LogP contribution is 2.17. The van der Waals surface area contributed by atoms with Crippen LogP contribution in [0.25, 0.3) is 11.0 Å². The van der Waals surface area contributed by atoms with Gasteiger partial charge in [0.05, 0.1) is 23.5 Å². The van der Waals surface area contributed by atoms with Gasteiger partial charge in [0.15, 0.2) is 5.78 Å². The summed E-state index contributed by atoms with van der Waals surface area (Å²) in [5, 5.41) is 0. The number of nitrogens with zero attached hydrogens (tertiary/aromatic N) is 2. The lowest BCUT2D eigenvalue weighted by atomic mass is 10.1. The van der Waals surface area contributed by atoms with Crippen LogP contribution in [0.2, 0.25) is 0 Å². The van der Waals surface area contributed by atoms with Crippen molar-refractivity contribution in [1.82, 2.24) is 9.55 Å². The summed E-state index contributed by atoms with van der Waals surface area (Å²) in [6.45, 7) is 4.71. The smallest absolute Gasteiger partial charge is 0.156 e. The normalized spacial score (nSPS) is 12.8. The zero-order valence-corrected chi connectivity index (χ0v) is 10.9. The van der Waals surface area contributed by atoms with Crippen LogP contribution in [0.3, 0.4) is 0 Å². The monoisotopic (exact) mass is 245 g/mol. The van der Waals surface area contributed by atoms with E-state index in [1.54, 1.807) is 6.92 Å². The highest BCUT2D eigenvalue weighted by Gasteiger charge is 2.15. The van der Waals surface area contributed by atoms with E-state index in [0.29, 0.717) is 6.42 Å². The zero-order valence-electron chi connectivity index (χ0n) is 10.9. The molecule has 0 saturated carbocycles. The molecule has 18 heavy (non-hydrogen) atoms. The maximum Gasteiger partial charge on any atom is 0.156 e. The summed E-state index contributed by atoms with van der Waals surface area (Å²) in [5.41, 5.74) is 7.65. The number of fused-ring (bicyclic) bond motifs is 1. The molecule has 2 aromatic rings. The number of benzene rings is 1. The first-order valence-electron chi connectivity index (χ1n) is 6.36. The van der Waals surface area contributed by atoms with E-state index in [2.05, 4.69) is 16.5 Å². The van der Waals surface area contributed by atoms with Crippen LogP contribution in [0.15, 0.2) is 24.3 Å². The molecule has 4 heteroatoms. The Hall–Kier alpha value is -1.68. The number of hydrogen-bond donors (Lipinski definition) is 1. The van der Waals surface area contributed by atoms with Crippen LogP contribution in [0.1, 0.15) is 26.1 Å². The van der Waals surface area contributed by atoms with Crippen LogP contribution in [-0.2, 0) is 17.8 Å². The van der Waals surface area contributed by atoms with Gasteiger partial charge in [0.2, 0.25) is 0 Å². The lowest BCUT2D eigenvalue weighted by molar-refractivity contribution is -0.119. The predicted octanol–water partition coefficient (Wildman–Crippen LogP) is 1.91. The molecular weight excluding hydrogens is 226 g/mol. The summed E-state index contributed by atoms with van der Waals surface area (Å²) in [4.78, 5) is 16.3. The van der Waals surface area contributed by atoms with Gasteiger partial charge in [-0.1, -0.05) is 19.1 Å². The van der Waals surface area contributed by atoms with Crippen LogP contribution in [-0.4, -0.2) is 21.4 Å². The van der Waals surface area contributed by atoms with Gasteiger partial charge >= 0.3 is 0 Å². The van der Waals surface area contributed by atoms with Gasteiger partial charge in [-0.3, -0.25) is 4.79 Å². The Balaban J connectivity index is 2.42. The van der Waals surface area contributed by atoms with Gasteiger partial charge in [0.1, 0.15) is 5.82 Å². The van der Waals surface area contributed by atoms with E-state index in [1.807, 2.05) is 24.3 Å². The molecule has 2 N–H and O–H groups in total. The van der Waals surface area contributed by atoms with E-state index in [0.717, 1.165) is 29.8 Å². The van der Waals surface area contributed by atoms with Gasteiger partial charge in [-0.25, -0.2) is 4.98 Å². The molecule has 0 saturated heterocycles. The Morgan fingerprint density at radius 2 is 2.17 bits per heavy atom. The quantitative estimate of drug-likeness (QED) is 0.875. The minimum absolute atomic E-state index is 0.0302. The molecule has 0 fully saturated rings. The molecule has 2 rings (SSSR count). The van der Waals surface area contributed by atoms with E-state index in [4.69, 9.17) is 5.73 Å². The SMILES string of the molecule is CCCn1c(CC(=O)C(C)N)nc2ccccc21. The second-order valence-corrected chi connectivity index (χ2v) is 4.60. The second kappa shape index (κ2) is 5.31. The van der Waals surface area contributed by atoms with Crippen molar-refractivity contribution in [3.63, 3.8) is 0 Å². The summed E-state index contributed by atoms with van der Waals surface area (Å²) in [7, 11) is 0. The molecule has 0 bridgehead atoms. The fraction of sp³-hybridized carbons (Fsp3) is 0.429. The van der Waals surface area contributed by atoms with Crippen molar-refractivity contribution in [3.8, 4) is 0 Å². The van der Waals surface area contributed by atoms with Crippen LogP contribution in [0.4, 0.5) is 0 Å². The Bertz CT molecular complexity index is 557. The molecule has 0 radical (unpaired) electrons. The number of ketones is 1. The first-order chi connectivity index (χ1) is 8.63. The van der Waals surface area contributed by atoms with Gasteiger partial charge in [-0.15, -0.1) is 0 Å². The van der Waals surface area contributed by atoms with Crippen molar-refractivity contribution in [3.05, 3.63) is 30.1 Å². The largest absolute Gasteiger partial charge is 0.328 e. The Kier molecular flexibility index (Phi) is 3.77. The Morgan fingerprint density at radius 1 is 1.44 bits per heavy atom. The molecule has 0 aliphatic heterocycles. The van der Waals surface area contributed by atoms with E-state index < -0.39 is 6.04 Å². The molecule has 1 aromatic heterocycles. The van der Waals surface area contributed by atoms with Gasteiger partial charge in [-0.05, 0) is 25.5 Å². The van der Waals surface area contributed by atoms with Crippen LogP contribution in [0, 0.1) is 0 Å². The molecule has 4 nitrogen and oxygen atoms in total. The number of aryl methyl sites for hydroxylation is 1. The van der Waals surface area contributed by atoms with Gasteiger partial charge in [-0.2, -0.15) is 0 Å². The molecule has 0 aliphatic rings. The standard InChI is InChI=1S/C14H19N3O/c1-3-8-17-12-7-5-4-6-11(12)16-14(17)9-13(18)10(2)15/h4-7,10H,3,8-9,15H2,1-2H3. The average molecular weight is 245 g/mol. The third-order valence-electron chi connectivity index (χ3n) is 3.02. The fourth-order valence-corrected chi connectivity index (χ4v) is 2.05. The van der Waals surface area contributed by atoms with Crippen LogP contribution < -0.4 is 5.73 Å². The number of rotatable bonds is 5. The predicted molar refractivity (Wildman–Crippen MR) is 72.4 cm³/mol. The minimum Gasteiger partial charge on any atom is -0.328 e. The van der Waals surface area contributed by atoms with Gasteiger partial charge in [0.25, 0.3) is 0 Å². The number of imidazole rings is 1. The molecule has 1 unspecified atom stereocenters. The highest BCUT2D eigenvalue weighted by atomic mass is 16.1. The topological polar surface area (TPSA) is 60.9 Å². The molecule has 1 heterocycles. The first kappa shape index (κ1) is 12.8. The van der Waals surface area contributed by atoms with Crippen molar-refractivity contribution in [1.29, 1.82) is 0 Å². The summed E-state index contributed by atoms with van der Waals surface area (Å²) in [6.07, 6.45) is 1.33. The van der Waals surface area contributed by atoms with E-state index in [1.165, 1.54) is 0 Å². The molecule has 1 atom stereocenters. The number of Topliss-reactive ketones (excluding diaryl/α,β-unsaturated/α-hetero) is 1. The summed E-state index contributed by atoms with van der Waals surface area (Å²) in [6, 6.07) is 7.54. The molecule has 1 aromatic carbocycles. The number of nitrogens with two attached hydrogens (primary N) is 1. The highest BCUT2D eigenvalue weighted by molar-refractivity contribution is 5.86. The first-order valence-corrected chi connectivity index (χ1v) is 6.36. The van der Waals surface area contributed by atoms with Gasteiger partial charge < -0.3 is 10.3 Å².